The highest BCUT2D eigenvalue weighted by molar-refractivity contribution is 5.94. The number of ketones is 1. The summed E-state index contributed by atoms with van der Waals surface area (Å²) in [4.78, 5) is 59.9. The molecule has 5 bridgehead atoms. The summed E-state index contributed by atoms with van der Waals surface area (Å²) >= 11 is 0. The summed E-state index contributed by atoms with van der Waals surface area (Å²) in [6.07, 6.45) is 5.29. The molecule has 2 aliphatic heterocycles. The fourth-order valence-electron chi connectivity index (χ4n) is 6.03. The topological polar surface area (TPSA) is 120 Å². The summed E-state index contributed by atoms with van der Waals surface area (Å²) in [5.41, 5.74) is 5.59. The number of carbonyl (C=O) groups excluding carboxylic acids is 4. The molecule has 46 heavy (non-hydrogen) atoms. The summed E-state index contributed by atoms with van der Waals surface area (Å²) in [5.74, 6) is -1.70. The third kappa shape index (κ3) is 7.70. The van der Waals surface area contributed by atoms with E-state index in [1.165, 1.54) is 5.01 Å². The highest BCUT2D eigenvalue weighted by Crippen LogP contribution is 2.28. The second-order valence-electron chi connectivity index (χ2n) is 13.5. The van der Waals surface area contributed by atoms with Crippen LogP contribution in [0.3, 0.4) is 0 Å². The first-order chi connectivity index (χ1) is 21.9. The number of aromatic nitrogens is 1. The van der Waals surface area contributed by atoms with Gasteiger partial charge >= 0.3 is 0 Å². The average molecular weight is 624 g/mol. The number of nitrogens with zero attached hydrogens (tertiary/aromatic N) is 2. The van der Waals surface area contributed by atoms with Crippen molar-refractivity contribution in [1.29, 1.82) is 0 Å². The van der Waals surface area contributed by atoms with E-state index in [2.05, 4.69) is 16.1 Å². The average Bonchev–Trinajstić information content (AvgIpc) is 3.05. The Bertz CT molecular complexity index is 1630. The number of allylic oxidation sites excluding steroid dienone is 1. The van der Waals surface area contributed by atoms with E-state index >= 15 is 0 Å². The van der Waals surface area contributed by atoms with Gasteiger partial charge in [-0.15, -0.1) is 0 Å². The number of hydrogen-bond donors (Lipinski definition) is 3. The third-order valence-electron chi connectivity index (χ3n) is 9.16. The first kappa shape index (κ1) is 33.0. The first-order valence-corrected chi connectivity index (χ1v) is 16.3. The lowest BCUT2D eigenvalue weighted by Crippen LogP contribution is -2.62. The molecule has 2 aliphatic rings. The summed E-state index contributed by atoms with van der Waals surface area (Å²) in [6.45, 7) is 9.85. The monoisotopic (exact) mass is 623 g/mol. The summed E-state index contributed by atoms with van der Waals surface area (Å²) in [5, 5.41) is 8.51. The van der Waals surface area contributed by atoms with Crippen LogP contribution < -0.4 is 16.1 Å². The Kier molecular flexibility index (Phi) is 10.0. The predicted molar refractivity (Wildman–Crippen MR) is 179 cm³/mol. The van der Waals surface area contributed by atoms with E-state index in [1.807, 2.05) is 107 Å². The molecule has 1 saturated heterocycles. The number of hydrazine groups is 1. The number of pyridine rings is 1. The van der Waals surface area contributed by atoms with Gasteiger partial charge < -0.3 is 10.6 Å². The molecule has 0 radical (unpaired) electrons. The Morgan fingerprint density at radius 2 is 1.70 bits per heavy atom. The minimum absolute atomic E-state index is 0.0395. The zero-order valence-corrected chi connectivity index (χ0v) is 27.4. The maximum Gasteiger partial charge on any atom is 0.259 e. The fourth-order valence-corrected chi connectivity index (χ4v) is 6.03. The molecule has 0 spiro atoms. The number of nitrogens with one attached hydrogen (secondary N) is 3. The fraction of sp³-hybridized carbons (Fsp3) is 0.432. The van der Waals surface area contributed by atoms with Crippen LogP contribution in [0.1, 0.15) is 76.7 Å². The Hall–Kier alpha value is -4.37. The van der Waals surface area contributed by atoms with Gasteiger partial charge in [0.25, 0.3) is 5.91 Å². The van der Waals surface area contributed by atoms with Crippen LogP contribution >= 0.6 is 0 Å². The molecule has 3 heterocycles. The van der Waals surface area contributed by atoms with Gasteiger partial charge in [0, 0.05) is 36.1 Å². The molecule has 242 valence electrons. The molecule has 5 rings (SSSR count). The van der Waals surface area contributed by atoms with Crippen molar-refractivity contribution in [1.82, 2.24) is 26.1 Å². The Morgan fingerprint density at radius 3 is 2.43 bits per heavy atom. The van der Waals surface area contributed by atoms with E-state index < -0.39 is 23.4 Å². The van der Waals surface area contributed by atoms with E-state index in [0.717, 1.165) is 27.7 Å². The van der Waals surface area contributed by atoms with Crippen molar-refractivity contribution < 1.29 is 19.2 Å². The van der Waals surface area contributed by atoms with Gasteiger partial charge in [-0.25, -0.2) is 5.43 Å². The van der Waals surface area contributed by atoms with Crippen LogP contribution in [-0.2, 0) is 25.6 Å². The van der Waals surface area contributed by atoms with Crippen molar-refractivity contribution in [2.45, 2.75) is 78.4 Å². The second kappa shape index (κ2) is 14.0. The largest absolute Gasteiger partial charge is 0.347 e. The summed E-state index contributed by atoms with van der Waals surface area (Å²) in [7, 11) is 0. The van der Waals surface area contributed by atoms with Crippen LogP contribution in [0.15, 0.2) is 66.7 Å². The lowest BCUT2D eigenvalue weighted by atomic mass is 9.79. The molecule has 3 aromatic rings. The molecular formula is C37H45N5O4. The predicted octanol–water partition coefficient (Wildman–Crippen LogP) is 4.92. The maximum absolute atomic E-state index is 14.0. The molecule has 9 heteroatoms. The first-order valence-electron chi connectivity index (χ1n) is 16.3. The number of fused-ring (bicyclic) bond motifs is 4. The Balaban J connectivity index is 1.52. The van der Waals surface area contributed by atoms with Gasteiger partial charge in [0.15, 0.2) is 0 Å². The standard InChI is InChI=1S/C37H45N5O4/c1-23(2)28-22-33(43)37(4,5)18-17-26-13-14-27-15-16-29(39-31(27)20-26)24(3)38-35(45)30-12-9-19-42(41-30)36(46)32(40-34(28)44)21-25-10-7-6-8-11-25/h6-8,10-11,13-18,20,23-24,28,30,32,41H,9,12,19,21-22H2,1-5H3,(H,38,45)(H,40,44)/b18-17+/t24-,28+,30+,32+/m1/s1. The lowest BCUT2D eigenvalue weighted by Gasteiger charge is -2.36. The Morgan fingerprint density at radius 1 is 0.957 bits per heavy atom. The van der Waals surface area contributed by atoms with Gasteiger partial charge in [-0.3, -0.25) is 29.2 Å². The van der Waals surface area contributed by atoms with Gasteiger partial charge in [0.2, 0.25) is 11.8 Å². The maximum atomic E-state index is 14.0. The number of amides is 3. The molecule has 3 amide bonds. The zero-order chi connectivity index (χ0) is 33.0. The number of carbonyl (C=O) groups is 4. The molecule has 0 saturated carbocycles. The highest BCUT2D eigenvalue weighted by Gasteiger charge is 2.36. The molecule has 4 atom stereocenters. The minimum Gasteiger partial charge on any atom is -0.347 e. The number of Topliss-reactive ketones (excluding diaryl/α,β-unsaturated/α-hetero) is 1. The molecule has 1 aromatic heterocycles. The molecule has 2 aromatic carbocycles. The van der Waals surface area contributed by atoms with E-state index in [-0.39, 0.29) is 48.3 Å². The quantitative estimate of drug-likeness (QED) is 0.381. The van der Waals surface area contributed by atoms with Crippen molar-refractivity contribution in [2.75, 3.05) is 6.54 Å². The molecule has 0 aliphatic carbocycles. The summed E-state index contributed by atoms with van der Waals surface area (Å²) in [6, 6.07) is 17.5. The van der Waals surface area contributed by atoms with Crippen molar-refractivity contribution in [2.24, 2.45) is 17.3 Å². The molecule has 3 N–H and O–H groups in total. The molecule has 9 nitrogen and oxygen atoms in total. The van der Waals surface area contributed by atoms with Crippen LogP contribution in [-0.4, -0.2) is 52.1 Å². The highest BCUT2D eigenvalue weighted by atomic mass is 16.2. The van der Waals surface area contributed by atoms with Gasteiger partial charge in [0.05, 0.1) is 17.3 Å². The van der Waals surface area contributed by atoms with Gasteiger partial charge in [0.1, 0.15) is 17.9 Å². The smallest absolute Gasteiger partial charge is 0.259 e. The van der Waals surface area contributed by atoms with Crippen LogP contribution in [0.25, 0.3) is 17.0 Å². The van der Waals surface area contributed by atoms with E-state index in [4.69, 9.17) is 4.98 Å². The zero-order valence-electron chi connectivity index (χ0n) is 27.4. The van der Waals surface area contributed by atoms with E-state index in [1.54, 1.807) is 0 Å². The third-order valence-corrected chi connectivity index (χ3v) is 9.16. The lowest BCUT2D eigenvalue weighted by molar-refractivity contribution is -0.144. The van der Waals surface area contributed by atoms with Crippen molar-refractivity contribution in [3.63, 3.8) is 0 Å². The molecule has 0 unspecified atom stereocenters. The molecule has 1 fully saturated rings. The number of hydrogen-bond acceptors (Lipinski definition) is 6. The van der Waals surface area contributed by atoms with Crippen molar-refractivity contribution in [3.05, 3.63) is 83.6 Å². The Labute approximate surface area is 271 Å². The van der Waals surface area contributed by atoms with E-state index in [0.29, 0.717) is 19.4 Å². The van der Waals surface area contributed by atoms with Gasteiger partial charge in [-0.2, -0.15) is 0 Å². The number of benzene rings is 2. The van der Waals surface area contributed by atoms with E-state index in [9.17, 15) is 19.2 Å². The van der Waals surface area contributed by atoms with Crippen LogP contribution in [0.4, 0.5) is 0 Å². The van der Waals surface area contributed by atoms with Crippen LogP contribution in [0.2, 0.25) is 0 Å². The van der Waals surface area contributed by atoms with Gasteiger partial charge in [-0.1, -0.05) is 74.5 Å². The normalized spacial score (nSPS) is 25.3. The number of rotatable bonds is 3. The summed E-state index contributed by atoms with van der Waals surface area (Å²) < 4.78 is 0. The van der Waals surface area contributed by atoms with Crippen molar-refractivity contribution in [3.8, 4) is 0 Å². The van der Waals surface area contributed by atoms with Gasteiger partial charge in [-0.05, 0) is 62.8 Å². The van der Waals surface area contributed by atoms with Crippen LogP contribution in [0.5, 0.6) is 0 Å². The SMILES string of the molecule is CC(C)[C@@H]1CC(=O)C(C)(C)/C=C/c2ccc3ccc(nc3c2)[C@@H](C)NC(=O)[C@@H]2CCCN(N2)C(=O)[C@H](Cc2ccccc2)NC1=O. The van der Waals surface area contributed by atoms with Crippen molar-refractivity contribution >= 4 is 40.5 Å². The second-order valence-corrected chi connectivity index (χ2v) is 13.5. The minimum atomic E-state index is -0.885. The molecular weight excluding hydrogens is 578 g/mol. The van der Waals surface area contributed by atoms with Crippen LogP contribution in [0, 0.1) is 17.3 Å².